The van der Waals surface area contributed by atoms with E-state index in [1.165, 1.54) is 6.42 Å². The Balaban J connectivity index is 1.72. The van der Waals surface area contributed by atoms with Gasteiger partial charge in [0.1, 0.15) is 5.10 Å². The molecule has 134 valence electrons. The molecule has 3 rings (SSSR count). The van der Waals surface area contributed by atoms with Crippen LogP contribution in [0.3, 0.4) is 0 Å². The van der Waals surface area contributed by atoms with Crippen molar-refractivity contribution in [1.82, 2.24) is 9.80 Å². The van der Waals surface area contributed by atoms with E-state index < -0.39 is 5.03 Å². The lowest BCUT2D eigenvalue weighted by atomic mass is 9.88. The zero-order valence-electron chi connectivity index (χ0n) is 14.2. The SMILES string of the molecule is CC1COCC1CN1CCN(C(=O)C2CCCCC2)C1=N[N+](=O)[O-]. The number of carbonyl (C=O) groups is 1. The molecule has 1 saturated carbocycles. The number of nitrogens with zero attached hydrogens (tertiary/aromatic N) is 4. The van der Waals surface area contributed by atoms with Crippen LogP contribution in [0.1, 0.15) is 39.0 Å². The highest BCUT2D eigenvalue weighted by Gasteiger charge is 2.39. The van der Waals surface area contributed by atoms with Gasteiger partial charge in [0.25, 0.3) is 5.96 Å². The van der Waals surface area contributed by atoms with Crippen molar-refractivity contribution in [3.63, 3.8) is 0 Å². The summed E-state index contributed by atoms with van der Waals surface area (Å²) in [6, 6.07) is 0. The van der Waals surface area contributed by atoms with E-state index in [0.717, 1.165) is 32.3 Å². The fraction of sp³-hybridized carbons (Fsp3) is 0.875. The minimum Gasteiger partial charge on any atom is -0.381 e. The summed E-state index contributed by atoms with van der Waals surface area (Å²) in [6.45, 7) is 5.27. The van der Waals surface area contributed by atoms with E-state index in [0.29, 0.717) is 38.1 Å². The smallest absolute Gasteiger partial charge is 0.280 e. The van der Waals surface area contributed by atoms with E-state index in [9.17, 15) is 14.9 Å². The van der Waals surface area contributed by atoms with Gasteiger partial charge < -0.3 is 9.64 Å². The van der Waals surface area contributed by atoms with Gasteiger partial charge in [-0.3, -0.25) is 9.69 Å². The van der Waals surface area contributed by atoms with Crippen LogP contribution in [0.2, 0.25) is 0 Å². The molecule has 8 nitrogen and oxygen atoms in total. The quantitative estimate of drug-likeness (QED) is 0.573. The topological polar surface area (TPSA) is 88.3 Å². The van der Waals surface area contributed by atoms with E-state index in [1.807, 2.05) is 4.90 Å². The molecule has 0 aromatic carbocycles. The predicted molar refractivity (Wildman–Crippen MR) is 87.8 cm³/mol. The van der Waals surface area contributed by atoms with Crippen molar-refractivity contribution < 1.29 is 14.6 Å². The number of ether oxygens (including phenoxy) is 1. The fourth-order valence-electron chi connectivity index (χ4n) is 3.95. The molecule has 0 spiro atoms. The lowest BCUT2D eigenvalue weighted by Crippen LogP contribution is -2.43. The van der Waals surface area contributed by atoms with Crippen LogP contribution in [0.5, 0.6) is 0 Å². The number of hydrogen-bond acceptors (Lipinski definition) is 4. The van der Waals surface area contributed by atoms with Crippen molar-refractivity contribution in [2.24, 2.45) is 22.9 Å². The first kappa shape index (κ1) is 17.1. The highest BCUT2D eigenvalue weighted by molar-refractivity contribution is 5.99. The number of rotatable bonds is 4. The van der Waals surface area contributed by atoms with Crippen LogP contribution < -0.4 is 0 Å². The van der Waals surface area contributed by atoms with Crippen molar-refractivity contribution in [3.05, 3.63) is 10.1 Å². The molecule has 1 aliphatic carbocycles. The second-order valence-electron chi connectivity index (χ2n) is 7.18. The molecule has 24 heavy (non-hydrogen) atoms. The standard InChI is InChI=1S/C16H26N4O4/c1-12-10-24-11-14(12)9-18-7-8-19(16(18)17-20(22)23)15(21)13-5-3-2-4-6-13/h12-14H,2-11H2,1H3. The summed E-state index contributed by atoms with van der Waals surface area (Å²) in [5.41, 5.74) is 0. The molecule has 2 heterocycles. The molecule has 0 radical (unpaired) electrons. The highest BCUT2D eigenvalue weighted by Crippen LogP contribution is 2.28. The van der Waals surface area contributed by atoms with Gasteiger partial charge in [-0.2, -0.15) is 0 Å². The first-order valence-electron chi connectivity index (χ1n) is 8.93. The van der Waals surface area contributed by atoms with E-state index in [2.05, 4.69) is 12.0 Å². The Morgan fingerprint density at radius 2 is 2.04 bits per heavy atom. The summed E-state index contributed by atoms with van der Waals surface area (Å²) in [5, 5.41) is 13.8. The average Bonchev–Trinajstić information content (AvgIpc) is 3.15. The van der Waals surface area contributed by atoms with E-state index in [1.54, 1.807) is 4.90 Å². The number of amides is 1. The number of guanidine groups is 1. The molecular weight excluding hydrogens is 312 g/mol. The summed E-state index contributed by atoms with van der Waals surface area (Å²) < 4.78 is 5.48. The predicted octanol–water partition coefficient (Wildman–Crippen LogP) is 1.54. The van der Waals surface area contributed by atoms with Gasteiger partial charge in [0.15, 0.2) is 5.03 Å². The maximum Gasteiger partial charge on any atom is 0.280 e. The van der Waals surface area contributed by atoms with Gasteiger partial charge in [-0.25, -0.2) is 10.1 Å². The van der Waals surface area contributed by atoms with E-state index >= 15 is 0 Å². The van der Waals surface area contributed by atoms with Gasteiger partial charge in [-0.15, -0.1) is 0 Å². The number of hydrazone groups is 1. The zero-order chi connectivity index (χ0) is 17.1. The summed E-state index contributed by atoms with van der Waals surface area (Å²) in [7, 11) is 0. The van der Waals surface area contributed by atoms with Crippen LogP contribution >= 0.6 is 0 Å². The Morgan fingerprint density at radius 1 is 1.29 bits per heavy atom. The monoisotopic (exact) mass is 338 g/mol. The number of nitro groups is 1. The van der Waals surface area contributed by atoms with Crippen molar-refractivity contribution in [1.29, 1.82) is 0 Å². The van der Waals surface area contributed by atoms with Crippen LogP contribution in [0.25, 0.3) is 0 Å². The van der Waals surface area contributed by atoms with Crippen molar-refractivity contribution >= 4 is 11.9 Å². The maximum absolute atomic E-state index is 12.8. The van der Waals surface area contributed by atoms with Gasteiger partial charge in [0.05, 0.1) is 6.61 Å². The minimum atomic E-state index is -0.691. The van der Waals surface area contributed by atoms with Gasteiger partial charge in [0.2, 0.25) is 5.91 Å². The van der Waals surface area contributed by atoms with Crippen molar-refractivity contribution in [2.45, 2.75) is 39.0 Å². The first-order valence-corrected chi connectivity index (χ1v) is 8.93. The highest BCUT2D eigenvalue weighted by atomic mass is 16.7. The van der Waals surface area contributed by atoms with E-state index in [4.69, 9.17) is 4.74 Å². The maximum atomic E-state index is 12.8. The lowest BCUT2D eigenvalue weighted by molar-refractivity contribution is -0.486. The van der Waals surface area contributed by atoms with Crippen molar-refractivity contribution in [2.75, 3.05) is 32.8 Å². The third-order valence-corrected chi connectivity index (χ3v) is 5.48. The van der Waals surface area contributed by atoms with Crippen LogP contribution in [-0.4, -0.2) is 59.5 Å². The molecule has 2 unspecified atom stereocenters. The third kappa shape index (κ3) is 3.68. The molecule has 2 aliphatic heterocycles. The first-order chi connectivity index (χ1) is 11.6. The minimum absolute atomic E-state index is 0.00789. The number of carbonyl (C=O) groups excluding carboxylic acids is 1. The normalized spacial score (nSPS) is 30.3. The Hall–Kier alpha value is -1.70. The molecule has 0 N–H and O–H groups in total. The Labute approximate surface area is 142 Å². The van der Waals surface area contributed by atoms with Crippen LogP contribution in [0.4, 0.5) is 0 Å². The molecule has 8 heteroatoms. The van der Waals surface area contributed by atoms with Crippen LogP contribution in [0, 0.1) is 27.9 Å². The largest absolute Gasteiger partial charge is 0.381 e. The molecule has 2 atom stereocenters. The molecule has 2 saturated heterocycles. The Morgan fingerprint density at radius 3 is 2.67 bits per heavy atom. The molecule has 0 bridgehead atoms. The van der Waals surface area contributed by atoms with Crippen molar-refractivity contribution in [3.8, 4) is 0 Å². The molecular formula is C16H26N4O4. The summed E-state index contributed by atoms with van der Waals surface area (Å²) in [5.74, 6) is 0.962. The zero-order valence-corrected chi connectivity index (χ0v) is 14.2. The fourth-order valence-corrected chi connectivity index (χ4v) is 3.95. The number of hydrogen-bond donors (Lipinski definition) is 0. The van der Waals surface area contributed by atoms with Crippen LogP contribution in [-0.2, 0) is 9.53 Å². The third-order valence-electron chi connectivity index (χ3n) is 5.48. The Bertz CT molecular complexity index is 518. The second kappa shape index (κ2) is 7.46. The van der Waals surface area contributed by atoms with E-state index in [-0.39, 0.29) is 17.8 Å². The Kier molecular flexibility index (Phi) is 5.33. The van der Waals surface area contributed by atoms with Gasteiger partial charge in [-0.1, -0.05) is 26.2 Å². The second-order valence-corrected chi connectivity index (χ2v) is 7.18. The molecule has 0 aromatic heterocycles. The molecule has 0 aromatic rings. The lowest BCUT2D eigenvalue weighted by Gasteiger charge is -2.27. The van der Waals surface area contributed by atoms with Crippen LogP contribution in [0.15, 0.2) is 5.10 Å². The summed E-state index contributed by atoms with van der Waals surface area (Å²) in [6.07, 6.45) is 5.06. The molecule has 3 aliphatic rings. The summed E-state index contributed by atoms with van der Waals surface area (Å²) in [4.78, 5) is 27.2. The summed E-state index contributed by atoms with van der Waals surface area (Å²) >= 11 is 0. The van der Waals surface area contributed by atoms with Gasteiger partial charge >= 0.3 is 0 Å². The average molecular weight is 338 g/mol. The van der Waals surface area contributed by atoms with Gasteiger partial charge in [0, 0.05) is 38.1 Å². The molecule has 1 amide bonds. The van der Waals surface area contributed by atoms with Gasteiger partial charge in [-0.05, 0) is 18.8 Å². The molecule has 3 fully saturated rings.